The average molecular weight is 781 g/mol. The number of para-hydroxylation sites is 4. The van der Waals surface area contributed by atoms with Crippen LogP contribution in [0, 0.1) is 11.6 Å². The van der Waals surface area contributed by atoms with Crippen molar-refractivity contribution >= 4 is 58.1 Å². The number of amides is 1. The van der Waals surface area contributed by atoms with Gasteiger partial charge in [-0.3, -0.25) is 9.18 Å². The summed E-state index contributed by atoms with van der Waals surface area (Å²) in [7, 11) is 3.08. The maximum absolute atomic E-state index is 14.4. The first-order valence-corrected chi connectivity index (χ1v) is 16.6. The number of benzene rings is 6. The van der Waals surface area contributed by atoms with Gasteiger partial charge in [-0.2, -0.15) is 9.59 Å². The van der Waals surface area contributed by atoms with Gasteiger partial charge in [-0.05, 0) is 78.9 Å². The molecule has 6 rings (SSSR count). The van der Waals surface area contributed by atoms with Gasteiger partial charge in [0.1, 0.15) is 11.6 Å². The van der Waals surface area contributed by atoms with Crippen LogP contribution >= 0.6 is 0 Å². The molecule has 0 aliphatic rings. The zero-order valence-corrected chi connectivity index (χ0v) is 31.0. The molecular weight excluding hydrogens is 741 g/mol. The van der Waals surface area contributed by atoms with Crippen molar-refractivity contribution in [1.29, 1.82) is 0 Å². The molecule has 0 fully saturated rings. The number of ether oxygens (including phenoxy) is 2. The number of carbonyl (C=O) groups is 3. The van der Waals surface area contributed by atoms with E-state index in [1.807, 2.05) is 54.6 Å². The van der Waals surface area contributed by atoms with Crippen LogP contribution in [0.4, 0.5) is 47.3 Å². The van der Waals surface area contributed by atoms with Crippen LogP contribution in [0.15, 0.2) is 152 Å². The molecule has 11 nitrogen and oxygen atoms in total. The zero-order chi connectivity index (χ0) is 42.0. The summed E-state index contributed by atoms with van der Waals surface area (Å²) in [5.41, 5.74) is 9.37. The second-order valence-electron chi connectivity index (χ2n) is 10.8. The molecule has 0 radical (unpaired) electrons. The van der Waals surface area contributed by atoms with E-state index in [4.69, 9.17) is 20.1 Å². The van der Waals surface area contributed by atoms with E-state index in [1.165, 1.54) is 44.6 Å². The van der Waals surface area contributed by atoms with E-state index in [0.717, 1.165) is 11.4 Å². The molecule has 0 heterocycles. The fourth-order valence-corrected chi connectivity index (χ4v) is 4.65. The first-order chi connectivity index (χ1) is 27.6. The predicted octanol–water partition coefficient (Wildman–Crippen LogP) is 9.24. The second kappa shape index (κ2) is 25.3. The predicted molar refractivity (Wildman–Crippen MR) is 212 cm³/mol. The number of methoxy groups -OCH3 is 2. The number of nitrogens with two attached hydrogens (primary N) is 1. The van der Waals surface area contributed by atoms with Crippen LogP contribution in [0.25, 0.3) is 0 Å². The molecule has 0 aliphatic heterocycles. The van der Waals surface area contributed by atoms with Crippen LogP contribution in [0.3, 0.4) is 0 Å². The van der Waals surface area contributed by atoms with Crippen LogP contribution in [0.1, 0.15) is 31.1 Å². The molecule has 6 aromatic rings. The topological polar surface area (TPSA) is 166 Å². The molecule has 0 unspecified atom stereocenters. The number of hydrogen-bond acceptors (Lipinski definition) is 10. The first kappa shape index (κ1) is 45.5. The van der Waals surface area contributed by atoms with Crippen molar-refractivity contribution in [3.8, 4) is 0 Å². The Morgan fingerprint density at radius 3 is 1.58 bits per heavy atom. The lowest BCUT2D eigenvalue weighted by molar-refractivity contribution is -0.191. The Morgan fingerprint density at radius 1 is 0.561 bits per heavy atom. The summed E-state index contributed by atoms with van der Waals surface area (Å²) < 4.78 is 46.0. The van der Waals surface area contributed by atoms with E-state index >= 15 is 0 Å². The van der Waals surface area contributed by atoms with E-state index < -0.39 is 23.7 Å². The second-order valence-corrected chi connectivity index (χ2v) is 10.8. The zero-order valence-electron chi connectivity index (χ0n) is 31.0. The van der Waals surface area contributed by atoms with E-state index in [-0.39, 0.29) is 28.8 Å². The van der Waals surface area contributed by atoms with Gasteiger partial charge in [-0.15, -0.1) is 0 Å². The number of alkyl halides is 1. The highest BCUT2D eigenvalue weighted by atomic mass is 19.1. The quantitative estimate of drug-likeness (QED) is 0.0864. The lowest BCUT2D eigenvalue weighted by Crippen LogP contribution is -2.18. The molecular formula is C43H39F3N4O7. The molecule has 0 spiro atoms. The summed E-state index contributed by atoms with van der Waals surface area (Å²) in [5, 5.41) is 8.73. The minimum atomic E-state index is -0.678. The minimum Gasteiger partial charge on any atom is -0.465 e. The Morgan fingerprint density at radius 2 is 1.02 bits per heavy atom. The molecule has 1 amide bonds. The van der Waals surface area contributed by atoms with Crippen LogP contribution in [0.2, 0.25) is 0 Å². The Hall–Kier alpha value is -7.70. The summed E-state index contributed by atoms with van der Waals surface area (Å²) in [6.07, 6.45) is 0.250. The summed E-state index contributed by atoms with van der Waals surface area (Å²) in [6.45, 7) is 0. The largest absolute Gasteiger partial charge is 0.465 e. The van der Waals surface area contributed by atoms with Gasteiger partial charge in [0.05, 0.1) is 49.5 Å². The van der Waals surface area contributed by atoms with Gasteiger partial charge in [0, 0.05) is 22.7 Å². The molecule has 6 aromatic carbocycles. The summed E-state index contributed by atoms with van der Waals surface area (Å²) in [6, 6.07) is 42.7. The number of nitrogens with one attached hydrogen (secondary N) is 3. The number of halogens is 3. The highest BCUT2D eigenvalue weighted by Crippen LogP contribution is 2.26. The van der Waals surface area contributed by atoms with Gasteiger partial charge < -0.3 is 31.2 Å². The van der Waals surface area contributed by atoms with Crippen molar-refractivity contribution in [2.75, 3.05) is 43.1 Å². The van der Waals surface area contributed by atoms with Crippen LogP contribution in [0.5, 0.6) is 0 Å². The number of carbonyl (C=O) groups excluding carboxylic acids is 5. The minimum absolute atomic E-state index is 0.152. The molecule has 0 aliphatic carbocycles. The highest BCUT2D eigenvalue weighted by Gasteiger charge is 2.20. The normalized spacial score (nSPS) is 9.23. The Bertz CT molecular complexity index is 2200. The number of anilines is 6. The third-order valence-electron chi connectivity index (χ3n) is 7.13. The van der Waals surface area contributed by atoms with E-state index in [0.29, 0.717) is 29.8 Å². The Labute approximate surface area is 327 Å². The molecule has 5 N–H and O–H groups in total. The summed E-state index contributed by atoms with van der Waals surface area (Å²) in [4.78, 5) is 51.8. The number of rotatable bonds is 8. The lowest BCUT2D eigenvalue weighted by Gasteiger charge is -2.14. The van der Waals surface area contributed by atoms with Crippen molar-refractivity contribution in [3.05, 3.63) is 180 Å². The van der Waals surface area contributed by atoms with Crippen LogP contribution in [-0.2, 0) is 19.1 Å². The Kier molecular flexibility index (Phi) is 20.2. The number of nitrogen functional groups attached to an aromatic ring is 1. The van der Waals surface area contributed by atoms with Gasteiger partial charge in [-0.1, -0.05) is 72.8 Å². The van der Waals surface area contributed by atoms with Gasteiger partial charge in [0.15, 0.2) is 0 Å². The van der Waals surface area contributed by atoms with Crippen molar-refractivity contribution in [2.45, 2.75) is 0 Å². The molecule has 0 bridgehead atoms. The van der Waals surface area contributed by atoms with Gasteiger partial charge in [0.25, 0.3) is 5.91 Å². The van der Waals surface area contributed by atoms with Crippen molar-refractivity contribution in [3.63, 3.8) is 0 Å². The highest BCUT2D eigenvalue weighted by molar-refractivity contribution is 6.11. The molecule has 57 heavy (non-hydrogen) atoms. The fraction of sp³-hybridized carbons (Fsp3) is 0.0698. The van der Waals surface area contributed by atoms with Gasteiger partial charge in [0.2, 0.25) is 0 Å². The standard InChI is InChI=1S/C21H17FN2O3.C12H10FN.C8H9NO2.CH3F.CO2/c1-27-21(26)15-10-5-6-12-17(15)24-20(25)19-16(22)11-7-13-18(19)23-14-8-3-2-4-9-14;13-10-5-4-8-12(9-10)14-11-6-2-1-3-7-11;1-11-8(10)6-4-2-3-5-7(6)9;1-2;2-1-3/h2-13,23H,1H3,(H,24,25);1-9,14H;2-5H,9H2,1H3;1H3;. The van der Waals surface area contributed by atoms with Crippen LogP contribution < -0.4 is 21.7 Å². The third kappa shape index (κ3) is 15.3. The van der Waals surface area contributed by atoms with Crippen molar-refractivity contribution < 1.29 is 46.6 Å². The van der Waals surface area contributed by atoms with Gasteiger partial charge >= 0.3 is 18.1 Å². The monoisotopic (exact) mass is 780 g/mol. The summed E-state index contributed by atoms with van der Waals surface area (Å²) in [5.74, 6) is -2.58. The SMILES string of the molecule is CF.COC(=O)c1ccccc1N.COC(=O)c1ccccc1NC(=O)c1c(F)cccc1Nc1ccccc1.Fc1cccc(Nc2ccccc2)c1.O=C=O. The first-order valence-electron chi connectivity index (χ1n) is 16.6. The fourth-order valence-electron chi connectivity index (χ4n) is 4.65. The molecule has 294 valence electrons. The van der Waals surface area contributed by atoms with E-state index in [2.05, 4.69) is 20.7 Å². The molecule has 0 atom stereocenters. The maximum Gasteiger partial charge on any atom is 0.373 e. The third-order valence-corrected chi connectivity index (χ3v) is 7.13. The molecule has 0 saturated carbocycles. The molecule has 14 heteroatoms. The van der Waals surface area contributed by atoms with Crippen molar-refractivity contribution in [2.24, 2.45) is 0 Å². The smallest absolute Gasteiger partial charge is 0.373 e. The summed E-state index contributed by atoms with van der Waals surface area (Å²) >= 11 is 0. The Balaban J connectivity index is 0.000000311. The number of esters is 2. The van der Waals surface area contributed by atoms with Crippen molar-refractivity contribution in [1.82, 2.24) is 0 Å². The lowest BCUT2D eigenvalue weighted by atomic mass is 10.1. The average Bonchev–Trinajstić information content (AvgIpc) is 3.23. The van der Waals surface area contributed by atoms with Gasteiger partial charge in [-0.25, -0.2) is 18.4 Å². The molecule has 0 saturated heterocycles. The van der Waals surface area contributed by atoms with Crippen LogP contribution in [-0.4, -0.2) is 45.4 Å². The maximum atomic E-state index is 14.4. The number of hydrogen-bond donors (Lipinski definition) is 4. The molecule has 0 aromatic heterocycles. The van der Waals surface area contributed by atoms with E-state index in [1.54, 1.807) is 66.7 Å². The van der Waals surface area contributed by atoms with E-state index in [9.17, 15) is 27.6 Å².